The third-order valence-electron chi connectivity index (χ3n) is 1.18. The average molecular weight is 250 g/mol. The summed E-state index contributed by atoms with van der Waals surface area (Å²) in [6, 6.07) is 4.95. The highest BCUT2D eigenvalue weighted by Crippen LogP contribution is 2.19. The van der Waals surface area contributed by atoms with Crippen LogP contribution in [0.4, 0.5) is 4.39 Å². The van der Waals surface area contributed by atoms with Crippen molar-refractivity contribution in [2.75, 3.05) is 0 Å². The van der Waals surface area contributed by atoms with Crippen LogP contribution in [-0.2, 0) is 5.33 Å². The van der Waals surface area contributed by atoms with Gasteiger partial charge in [-0.2, -0.15) is 0 Å². The Kier molecular flexibility index (Phi) is 5.69. The molecule has 1 aromatic carbocycles. The van der Waals surface area contributed by atoms with Crippen LogP contribution in [-0.4, -0.2) is 23.1 Å². The predicted octanol–water partition coefficient (Wildman–Crippen LogP) is 2.46. The van der Waals surface area contributed by atoms with Crippen molar-refractivity contribution in [2.24, 2.45) is 0 Å². The smallest absolute Gasteiger partial charge is 0.205 e. The van der Waals surface area contributed by atoms with E-state index in [2.05, 4.69) is 15.9 Å². The zero-order valence-corrected chi connectivity index (χ0v) is 7.41. The molecule has 0 amide bonds. The minimum atomic E-state index is -0.332. The first-order valence-corrected chi connectivity index (χ1v) is 4.24. The van der Waals surface area contributed by atoms with Crippen LogP contribution >= 0.6 is 27.5 Å². The van der Waals surface area contributed by atoms with E-state index in [1.54, 1.807) is 12.1 Å². The molecule has 1 rings (SSSR count). The molecule has 0 bridgehead atoms. The number of benzene rings is 1. The molecule has 0 aliphatic carbocycles. The van der Waals surface area contributed by atoms with Crippen molar-refractivity contribution in [1.29, 1.82) is 0 Å². The van der Waals surface area contributed by atoms with Crippen molar-refractivity contribution in [3.8, 4) is 0 Å². The van der Waals surface area contributed by atoms with Crippen molar-refractivity contribution in [3.63, 3.8) is 0 Å². The van der Waals surface area contributed by atoms with Crippen LogP contribution in [0, 0.1) is 5.82 Å². The van der Waals surface area contributed by atoms with Crippen molar-refractivity contribution in [3.05, 3.63) is 34.6 Å². The summed E-state index contributed by atoms with van der Waals surface area (Å²) < 4.78 is 12.8. The molecule has 0 radical (unpaired) electrons. The fourth-order valence-electron chi connectivity index (χ4n) is 0.652. The van der Waals surface area contributed by atoms with E-state index in [-0.39, 0.29) is 33.9 Å². The Bertz CT molecular complexity index is 242. The molecular formula is C7H7BrClFMg. The lowest BCUT2D eigenvalue weighted by atomic mass is 10.2. The zero-order chi connectivity index (χ0) is 7.56. The fourth-order valence-corrected chi connectivity index (χ4v) is 1.28. The van der Waals surface area contributed by atoms with Crippen LogP contribution in [0.2, 0.25) is 5.02 Å². The van der Waals surface area contributed by atoms with Gasteiger partial charge in [0.05, 0.1) is 5.02 Å². The maximum Gasteiger partial charge on any atom is 0.316 e. The highest BCUT2D eigenvalue weighted by molar-refractivity contribution is 9.08. The van der Waals surface area contributed by atoms with Gasteiger partial charge in [0.25, 0.3) is 0 Å². The standard InChI is InChI=1S/C7H5BrClF.Mg.2H/c8-4-5-2-1-3-6(9)7(5)10;;;/h1-3H,4H2;;;. The molecule has 0 heterocycles. The Hall–Kier alpha value is 0.686. The first-order chi connectivity index (χ1) is 4.75. The predicted molar refractivity (Wildman–Crippen MR) is 52.6 cm³/mol. The Labute approximate surface area is 94.4 Å². The van der Waals surface area contributed by atoms with Gasteiger partial charge in [-0.15, -0.1) is 0 Å². The summed E-state index contributed by atoms with van der Waals surface area (Å²) in [6.45, 7) is 0. The van der Waals surface area contributed by atoms with E-state index in [9.17, 15) is 4.39 Å². The number of hydrogen-bond acceptors (Lipinski definition) is 0. The summed E-state index contributed by atoms with van der Waals surface area (Å²) in [6.07, 6.45) is 0. The minimum absolute atomic E-state index is 0. The fraction of sp³-hybridized carbons (Fsp3) is 0.143. The molecule has 0 nitrogen and oxygen atoms in total. The molecule has 1 aromatic rings. The number of hydrogen-bond donors (Lipinski definition) is 0. The van der Waals surface area contributed by atoms with Gasteiger partial charge in [0.15, 0.2) is 0 Å². The second-order valence-corrected chi connectivity index (χ2v) is 2.81. The van der Waals surface area contributed by atoms with Gasteiger partial charge < -0.3 is 0 Å². The van der Waals surface area contributed by atoms with E-state index in [0.717, 1.165) is 0 Å². The highest BCUT2D eigenvalue weighted by Gasteiger charge is 2.02. The van der Waals surface area contributed by atoms with E-state index in [1.807, 2.05) is 0 Å². The SMILES string of the molecule is Fc1c(Cl)cccc1CBr.[MgH2]. The van der Waals surface area contributed by atoms with Crippen LogP contribution in [0.5, 0.6) is 0 Å². The number of alkyl halides is 1. The maximum absolute atomic E-state index is 12.8. The van der Waals surface area contributed by atoms with Gasteiger partial charge in [0, 0.05) is 5.33 Å². The van der Waals surface area contributed by atoms with Crippen LogP contribution < -0.4 is 0 Å². The first-order valence-electron chi connectivity index (χ1n) is 2.74. The van der Waals surface area contributed by atoms with Crippen molar-refractivity contribution in [1.82, 2.24) is 0 Å². The van der Waals surface area contributed by atoms with Gasteiger partial charge in [-0.1, -0.05) is 39.7 Å². The van der Waals surface area contributed by atoms with Gasteiger partial charge in [-0.3, -0.25) is 0 Å². The van der Waals surface area contributed by atoms with Crippen LogP contribution in [0.15, 0.2) is 18.2 Å². The van der Waals surface area contributed by atoms with Crippen LogP contribution in [0.25, 0.3) is 0 Å². The molecule has 0 fully saturated rings. The molecular weight excluding hydrogens is 243 g/mol. The molecule has 0 spiro atoms. The molecule has 0 saturated carbocycles. The molecule has 0 unspecified atom stereocenters. The van der Waals surface area contributed by atoms with E-state index in [0.29, 0.717) is 10.9 Å². The van der Waals surface area contributed by atoms with Crippen molar-refractivity contribution in [2.45, 2.75) is 5.33 Å². The first kappa shape index (κ1) is 11.7. The molecule has 0 N–H and O–H groups in total. The summed E-state index contributed by atoms with van der Waals surface area (Å²) in [4.78, 5) is 0. The third kappa shape index (κ3) is 2.90. The second kappa shape index (κ2) is 5.35. The van der Waals surface area contributed by atoms with Crippen LogP contribution in [0.1, 0.15) is 5.56 Å². The third-order valence-corrected chi connectivity index (χ3v) is 2.07. The second-order valence-electron chi connectivity index (χ2n) is 1.85. The zero-order valence-electron chi connectivity index (χ0n) is 5.07. The summed E-state index contributed by atoms with van der Waals surface area (Å²) in [7, 11) is 0. The maximum atomic E-state index is 12.8. The molecule has 0 aliphatic heterocycles. The number of halogens is 3. The van der Waals surface area contributed by atoms with Gasteiger partial charge >= 0.3 is 23.1 Å². The molecule has 58 valence electrons. The highest BCUT2D eigenvalue weighted by atomic mass is 79.9. The minimum Gasteiger partial charge on any atom is -0.205 e. The summed E-state index contributed by atoms with van der Waals surface area (Å²) >= 11 is 8.64. The molecule has 0 saturated heterocycles. The Morgan fingerprint density at radius 3 is 2.55 bits per heavy atom. The van der Waals surface area contributed by atoms with E-state index in [4.69, 9.17) is 11.6 Å². The Morgan fingerprint density at radius 1 is 1.45 bits per heavy atom. The summed E-state index contributed by atoms with van der Waals surface area (Å²) in [5, 5.41) is 0.677. The number of rotatable bonds is 1. The van der Waals surface area contributed by atoms with Crippen LogP contribution in [0.3, 0.4) is 0 Å². The van der Waals surface area contributed by atoms with E-state index < -0.39 is 0 Å². The van der Waals surface area contributed by atoms with Gasteiger partial charge in [0.1, 0.15) is 5.82 Å². The van der Waals surface area contributed by atoms with Gasteiger partial charge in [-0.05, 0) is 11.6 Å². The summed E-state index contributed by atoms with van der Waals surface area (Å²) in [5.41, 5.74) is 0.590. The lowest BCUT2D eigenvalue weighted by Crippen LogP contribution is -1.84. The molecule has 0 atom stereocenters. The largest absolute Gasteiger partial charge is 0.316 e. The molecule has 0 aromatic heterocycles. The topological polar surface area (TPSA) is 0 Å². The Balaban J connectivity index is 0.000001000. The quantitative estimate of drug-likeness (QED) is 0.530. The normalized spacial score (nSPS) is 9.00. The molecule has 0 aliphatic rings. The van der Waals surface area contributed by atoms with Crippen molar-refractivity contribution < 1.29 is 4.39 Å². The van der Waals surface area contributed by atoms with E-state index in [1.165, 1.54) is 6.07 Å². The Morgan fingerprint density at radius 2 is 2.09 bits per heavy atom. The lowest BCUT2D eigenvalue weighted by molar-refractivity contribution is 0.618. The van der Waals surface area contributed by atoms with E-state index >= 15 is 0 Å². The average Bonchev–Trinajstić information content (AvgIpc) is 1.95. The molecule has 11 heavy (non-hydrogen) atoms. The summed E-state index contributed by atoms with van der Waals surface area (Å²) in [5.74, 6) is -0.332. The van der Waals surface area contributed by atoms with Gasteiger partial charge in [-0.25, -0.2) is 4.39 Å². The van der Waals surface area contributed by atoms with Gasteiger partial charge in [0.2, 0.25) is 0 Å². The molecule has 4 heteroatoms. The monoisotopic (exact) mass is 248 g/mol. The van der Waals surface area contributed by atoms with Crippen molar-refractivity contribution >= 4 is 50.6 Å². The lowest BCUT2D eigenvalue weighted by Gasteiger charge is -1.97.